The minimum absolute atomic E-state index is 0.388. The van der Waals surface area contributed by atoms with Crippen LogP contribution in [0, 0.1) is 0 Å². The Bertz CT molecular complexity index is 253. The molecule has 2 atom stereocenters. The minimum Gasteiger partial charge on any atom is -0.399 e. The third-order valence-corrected chi connectivity index (χ3v) is 2.20. The van der Waals surface area contributed by atoms with Crippen LogP contribution in [0.2, 0.25) is 0 Å². The molecule has 1 fully saturated rings. The van der Waals surface area contributed by atoms with E-state index < -0.39 is 0 Å². The van der Waals surface area contributed by atoms with E-state index in [1.54, 1.807) is 0 Å². The Labute approximate surface area is 66.2 Å². The van der Waals surface area contributed by atoms with Crippen molar-refractivity contribution in [3.63, 3.8) is 0 Å². The zero-order chi connectivity index (χ0) is 7.84. The van der Waals surface area contributed by atoms with Crippen molar-refractivity contribution in [2.24, 2.45) is 5.73 Å². The van der Waals surface area contributed by atoms with Crippen molar-refractivity contribution < 1.29 is 0 Å². The molecule has 2 rings (SSSR count). The van der Waals surface area contributed by atoms with E-state index in [1.807, 2.05) is 12.1 Å². The average Bonchev–Trinajstić information content (AvgIpc) is 2.69. The fraction of sp³-hybridized carbons (Fsp3) is 0.333. The van der Waals surface area contributed by atoms with Crippen LogP contribution in [0.1, 0.15) is 17.9 Å². The van der Waals surface area contributed by atoms with Crippen molar-refractivity contribution in [1.29, 1.82) is 0 Å². The van der Waals surface area contributed by atoms with Crippen molar-refractivity contribution in [2.45, 2.75) is 18.4 Å². The van der Waals surface area contributed by atoms with Crippen molar-refractivity contribution in [3.8, 4) is 0 Å². The number of nitrogen functional groups attached to an aromatic ring is 1. The van der Waals surface area contributed by atoms with E-state index in [0.29, 0.717) is 12.0 Å². The van der Waals surface area contributed by atoms with Crippen LogP contribution in [0.5, 0.6) is 0 Å². The van der Waals surface area contributed by atoms with Gasteiger partial charge in [-0.15, -0.1) is 0 Å². The van der Waals surface area contributed by atoms with Gasteiger partial charge in [-0.25, -0.2) is 0 Å². The minimum atomic E-state index is 0.388. The zero-order valence-electron chi connectivity index (χ0n) is 6.33. The van der Waals surface area contributed by atoms with Crippen LogP contribution in [0.15, 0.2) is 24.3 Å². The molecule has 0 heterocycles. The highest BCUT2D eigenvalue weighted by molar-refractivity contribution is 5.41. The van der Waals surface area contributed by atoms with Gasteiger partial charge in [-0.1, -0.05) is 12.1 Å². The fourth-order valence-corrected chi connectivity index (χ4v) is 1.34. The van der Waals surface area contributed by atoms with E-state index in [4.69, 9.17) is 11.5 Å². The summed E-state index contributed by atoms with van der Waals surface area (Å²) in [5, 5.41) is 0. The number of anilines is 1. The number of hydrogen-bond acceptors (Lipinski definition) is 2. The van der Waals surface area contributed by atoms with Crippen LogP contribution in [-0.2, 0) is 0 Å². The fourth-order valence-electron chi connectivity index (χ4n) is 1.34. The van der Waals surface area contributed by atoms with Crippen LogP contribution in [0.25, 0.3) is 0 Å². The lowest BCUT2D eigenvalue weighted by Gasteiger charge is -1.97. The number of nitrogens with two attached hydrogens (primary N) is 2. The summed E-state index contributed by atoms with van der Waals surface area (Å²) in [5.74, 6) is 0.593. The largest absolute Gasteiger partial charge is 0.399 e. The monoisotopic (exact) mass is 148 g/mol. The molecule has 0 bridgehead atoms. The molecule has 2 nitrogen and oxygen atoms in total. The molecule has 1 aliphatic rings. The van der Waals surface area contributed by atoms with E-state index in [1.165, 1.54) is 5.56 Å². The molecule has 1 aromatic carbocycles. The first kappa shape index (κ1) is 6.68. The molecule has 0 aromatic heterocycles. The van der Waals surface area contributed by atoms with Crippen molar-refractivity contribution in [1.82, 2.24) is 0 Å². The van der Waals surface area contributed by atoms with Gasteiger partial charge >= 0.3 is 0 Å². The molecule has 2 heteroatoms. The maximum atomic E-state index is 5.71. The average molecular weight is 148 g/mol. The Kier molecular flexibility index (Phi) is 1.36. The Balaban J connectivity index is 2.21. The third kappa shape index (κ3) is 1.21. The molecular weight excluding hydrogens is 136 g/mol. The van der Waals surface area contributed by atoms with Crippen LogP contribution in [0.3, 0.4) is 0 Å². The number of benzene rings is 1. The standard InChI is InChI=1S/C9H12N2/c10-7-3-1-6(2-4-7)8-5-9(8)11/h1-4,8-9H,5,10-11H2. The Hall–Kier alpha value is -1.02. The lowest BCUT2D eigenvalue weighted by Crippen LogP contribution is -2.00. The van der Waals surface area contributed by atoms with E-state index >= 15 is 0 Å². The highest BCUT2D eigenvalue weighted by Gasteiger charge is 2.34. The Morgan fingerprint density at radius 1 is 1.18 bits per heavy atom. The lowest BCUT2D eigenvalue weighted by atomic mass is 10.1. The molecule has 1 aromatic rings. The summed E-state index contributed by atoms with van der Waals surface area (Å²) in [6, 6.07) is 8.37. The summed E-state index contributed by atoms with van der Waals surface area (Å²) in [6.07, 6.45) is 1.13. The first-order valence-electron chi connectivity index (χ1n) is 3.88. The van der Waals surface area contributed by atoms with Crippen molar-refractivity contribution >= 4 is 5.69 Å². The molecule has 2 unspecified atom stereocenters. The van der Waals surface area contributed by atoms with Crippen LogP contribution in [-0.4, -0.2) is 6.04 Å². The second-order valence-electron chi connectivity index (χ2n) is 3.17. The molecule has 0 aliphatic heterocycles. The maximum absolute atomic E-state index is 5.71. The molecule has 0 saturated heterocycles. The van der Waals surface area contributed by atoms with Crippen molar-refractivity contribution in [3.05, 3.63) is 29.8 Å². The summed E-state index contributed by atoms with van der Waals surface area (Å²) >= 11 is 0. The van der Waals surface area contributed by atoms with Gasteiger partial charge in [-0.3, -0.25) is 0 Å². The summed E-state index contributed by atoms with van der Waals surface area (Å²) in [4.78, 5) is 0. The molecule has 0 radical (unpaired) electrons. The second-order valence-corrected chi connectivity index (χ2v) is 3.17. The molecule has 11 heavy (non-hydrogen) atoms. The topological polar surface area (TPSA) is 52.0 Å². The van der Waals surface area contributed by atoms with Crippen LogP contribution < -0.4 is 11.5 Å². The lowest BCUT2D eigenvalue weighted by molar-refractivity contribution is 0.991. The zero-order valence-corrected chi connectivity index (χ0v) is 6.33. The van der Waals surface area contributed by atoms with E-state index in [-0.39, 0.29) is 0 Å². The predicted molar refractivity (Wildman–Crippen MR) is 46.2 cm³/mol. The van der Waals surface area contributed by atoms with Gasteiger partial charge in [0.2, 0.25) is 0 Å². The smallest absolute Gasteiger partial charge is 0.0314 e. The van der Waals surface area contributed by atoms with Crippen LogP contribution in [0.4, 0.5) is 5.69 Å². The van der Waals surface area contributed by atoms with Gasteiger partial charge < -0.3 is 11.5 Å². The second kappa shape index (κ2) is 2.24. The highest BCUT2D eigenvalue weighted by Crippen LogP contribution is 2.38. The van der Waals surface area contributed by atoms with Gasteiger partial charge in [-0.05, 0) is 24.1 Å². The van der Waals surface area contributed by atoms with E-state index in [0.717, 1.165) is 12.1 Å². The van der Waals surface area contributed by atoms with Crippen molar-refractivity contribution in [2.75, 3.05) is 5.73 Å². The highest BCUT2D eigenvalue weighted by atomic mass is 14.7. The Morgan fingerprint density at radius 3 is 2.18 bits per heavy atom. The van der Waals surface area contributed by atoms with Crippen LogP contribution >= 0.6 is 0 Å². The van der Waals surface area contributed by atoms with Gasteiger partial charge in [0, 0.05) is 17.6 Å². The van der Waals surface area contributed by atoms with Gasteiger partial charge in [-0.2, -0.15) is 0 Å². The summed E-state index contributed by atoms with van der Waals surface area (Å²) in [5.41, 5.74) is 13.4. The summed E-state index contributed by atoms with van der Waals surface area (Å²) < 4.78 is 0. The molecule has 1 saturated carbocycles. The molecule has 1 aliphatic carbocycles. The normalized spacial score (nSPS) is 28.5. The molecule has 0 spiro atoms. The van der Waals surface area contributed by atoms with E-state index in [2.05, 4.69) is 12.1 Å². The maximum Gasteiger partial charge on any atom is 0.0314 e. The third-order valence-electron chi connectivity index (χ3n) is 2.20. The Morgan fingerprint density at radius 2 is 1.73 bits per heavy atom. The van der Waals surface area contributed by atoms with Gasteiger partial charge in [0.25, 0.3) is 0 Å². The molecule has 0 amide bonds. The van der Waals surface area contributed by atoms with Gasteiger partial charge in [0.15, 0.2) is 0 Å². The molecular formula is C9H12N2. The molecule has 58 valence electrons. The predicted octanol–water partition coefficient (Wildman–Crippen LogP) is 1.08. The SMILES string of the molecule is Nc1ccc(C2CC2N)cc1. The summed E-state index contributed by atoms with van der Waals surface area (Å²) in [6.45, 7) is 0. The first-order valence-corrected chi connectivity index (χ1v) is 3.88. The van der Waals surface area contributed by atoms with E-state index in [9.17, 15) is 0 Å². The quantitative estimate of drug-likeness (QED) is 0.585. The first-order chi connectivity index (χ1) is 5.27. The number of rotatable bonds is 1. The number of hydrogen-bond donors (Lipinski definition) is 2. The summed E-state index contributed by atoms with van der Waals surface area (Å²) in [7, 11) is 0. The molecule has 4 N–H and O–H groups in total. The van der Waals surface area contributed by atoms with Gasteiger partial charge in [0.05, 0.1) is 0 Å². The van der Waals surface area contributed by atoms with Gasteiger partial charge in [0.1, 0.15) is 0 Å².